The first-order valence-corrected chi connectivity index (χ1v) is 6.57. The molecule has 0 radical (unpaired) electrons. The summed E-state index contributed by atoms with van der Waals surface area (Å²) in [7, 11) is 0.673. The second kappa shape index (κ2) is 6.13. The molecule has 2 aromatic rings. The predicted octanol–water partition coefficient (Wildman–Crippen LogP) is 1.29. The van der Waals surface area contributed by atoms with Crippen LogP contribution >= 0.6 is 0 Å². The lowest BCUT2D eigenvalue weighted by Crippen LogP contribution is -2.35. The lowest BCUT2D eigenvalue weighted by molar-refractivity contribution is -0.143. The van der Waals surface area contributed by atoms with Gasteiger partial charge >= 0.3 is 23.8 Å². The Kier molecular flexibility index (Phi) is 4.45. The third-order valence-corrected chi connectivity index (χ3v) is 3.43. The van der Waals surface area contributed by atoms with E-state index in [0.29, 0.717) is 13.1 Å². The number of alkyl halides is 3. The summed E-state index contributed by atoms with van der Waals surface area (Å²) in [5.74, 6) is -5.28. The zero-order valence-electron chi connectivity index (χ0n) is 12.6. The van der Waals surface area contributed by atoms with Crippen LogP contribution in [-0.2, 0) is 13.2 Å². The van der Waals surface area contributed by atoms with Gasteiger partial charge in [0.15, 0.2) is 0 Å². The quantitative estimate of drug-likeness (QED) is 0.693. The summed E-state index contributed by atoms with van der Waals surface area (Å²) in [6.45, 7) is 0. The van der Waals surface area contributed by atoms with Gasteiger partial charge < -0.3 is 10.2 Å². The number of carbonyl (C=O) groups is 2. The van der Waals surface area contributed by atoms with Crippen LogP contribution in [0.1, 0.15) is 26.4 Å². The van der Waals surface area contributed by atoms with Crippen LogP contribution in [0.15, 0.2) is 21.7 Å². The number of hydrogen-bond donors (Lipinski definition) is 3. The third-order valence-electron chi connectivity index (χ3n) is 3.43. The molecule has 1 aromatic heterocycles. The van der Waals surface area contributed by atoms with E-state index in [4.69, 9.17) is 10.2 Å². The number of aromatic nitrogens is 2. The molecule has 0 bridgehead atoms. The number of rotatable bonds is 3. The minimum absolute atomic E-state index is 0.0156. The summed E-state index contributed by atoms with van der Waals surface area (Å²) < 4.78 is 54.2. The van der Waals surface area contributed by atoms with Crippen molar-refractivity contribution in [3.8, 4) is 11.1 Å². The van der Waals surface area contributed by atoms with Gasteiger partial charge in [0, 0.05) is 12.6 Å². The van der Waals surface area contributed by atoms with E-state index in [0.717, 1.165) is 0 Å². The fraction of sp³-hybridized carbons (Fsp3) is 0.143. The Labute approximate surface area is 139 Å². The number of H-pyrrole nitrogens is 1. The maximum absolute atomic E-state index is 14.3. The number of aromatic amines is 1. The van der Waals surface area contributed by atoms with Crippen LogP contribution in [0.25, 0.3) is 11.1 Å². The van der Waals surface area contributed by atoms with E-state index in [1.165, 1.54) is 0 Å². The maximum atomic E-state index is 14.3. The molecule has 138 valence electrons. The molecular weight excluding hydrogens is 368 g/mol. The minimum Gasteiger partial charge on any atom is -0.478 e. The van der Waals surface area contributed by atoms with Gasteiger partial charge in [-0.2, -0.15) is 13.2 Å². The fourth-order valence-electron chi connectivity index (χ4n) is 2.32. The predicted molar refractivity (Wildman–Crippen MR) is 76.6 cm³/mol. The molecule has 1 aromatic carbocycles. The summed E-state index contributed by atoms with van der Waals surface area (Å²) >= 11 is 0. The second-order valence-corrected chi connectivity index (χ2v) is 5.03. The highest BCUT2D eigenvalue weighted by Gasteiger charge is 2.39. The van der Waals surface area contributed by atoms with Gasteiger partial charge in [0.2, 0.25) is 0 Å². The van der Waals surface area contributed by atoms with E-state index >= 15 is 0 Å². The number of benzene rings is 1. The van der Waals surface area contributed by atoms with Crippen LogP contribution < -0.4 is 11.2 Å². The Bertz CT molecular complexity index is 1050. The average Bonchev–Trinajstić information content (AvgIpc) is 2.49. The van der Waals surface area contributed by atoms with Crippen LogP contribution in [0.5, 0.6) is 0 Å². The SMILES string of the molecule is Cn1c(C(F)(F)F)c(-c2cc(C(=O)O)c(C(=O)O)cc2F)c(=O)[nH]c1=O. The van der Waals surface area contributed by atoms with Crippen LogP contribution in [0, 0.1) is 5.82 Å². The zero-order valence-corrected chi connectivity index (χ0v) is 12.6. The smallest absolute Gasteiger partial charge is 0.432 e. The van der Waals surface area contributed by atoms with Gasteiger partial charge in [-0.3, -0.25) is 14.3 Å². The van der Waals surface area contributed by atoms with Crippen molar-refractivity contribution in [1.82, 2.24) is 9.55 Å². The molecule has 12 heteroatoms. The fourth-order valence-corrected chi connectivity index (χ4v) is 2.32. The Balaban J connectivity index is 3.03. The highest BCUT2D eigenvalue weighted by Crippen LogP contribution is 2.35. The molecule has 8 nitrogen and oxygen atoms in total. The first-order chi connectivity index (χ1) is 11.9. The summed E-state index contributed by atoms with van der Waals surface area (Å²) in [6, 6.07) is 0.483. The summed E-state index contributed by atoms with van der Waals surface area (Å²) in [5, 5.41) is 17.9. The van der Waals surface area contributed by atoms with E-state index in [1.54, 1.807) is 4.98 Å². The molecule has 0 spiro atoms. The monoisotopic (exact) mass is 376 g/mol. The van der Waals surface area contributed by atoms with Crippen molar-refractivity contribution >= 4 is 11.9 Å². The standard InChI is InChI=1S/C14H8F4N2O6/c1-20-9(14(16,17)18)8(10(21)19-13(20)26)6-2-4(11(22)23)5(12(24)25)3-7(6)15/h2-3H,1H3,(H,22,23)(H,24,25)(H,19,21,26). The molecule has 0 amide bonds. The van der Waals surface area contributed by atoms with E-state index in [9.17, 15) is 36.7 Å². The lowest BCUT2D eigenvalue weighted by atomic mass is 9.97. The normalized spacial score (nSPS) is 11.4. The van der Waals surface area contributed by atoms with E-state index < -0.39 is 63.1 Å². The number of halogens is 4. The molecule has 3 N–H and O–H groups in total. The van der Waals surface area contributed by atoms with Crippen molar-refractivity contribution < 1.29 is 37.4 Å². The zero-order chi connectivity index (χ0) is 20.0. The van der Waals surface area contributed by atoms with E-state index in [2.05, 4.69) is 0 Å². The molecule has 0 aliphatic carbocycles. The van der Waals surface area contributed by atoms with Gasteiger partial charge in [0.05, 0.1) is 16.7 Å². The molecule has 0 aliphatic heterocycles. The number of carboxylic acids is 2. The molecule has 0 atom stereocenters. The molecule has 1 heterocycles. The van der Waals surface area contributed by atoms with Crippen molar-refractivity contribution in [1.29, 1.82) is 0 Å². The summed E-state index contributed by atoms with van der Waals surface area (Å²) in [6.07, 6.45) is -5.27. The number of nitrogens with zero attached hydrogens (tertiary/aromatic N) is 1. The van der Waals surface area contributed by atoms with Crippen molar-refractivity contribution in [2.45, 2.75) is 6.18 Å². The largest absolute Gasteiger partial charge is 0.478 e. The molecule has 0 aliphatic rings. The summed E-state index contributed by atoms with van der Waals surface area (Å²) in [4.78, 5) is 47.1. The minimum atomic E-state index is -5.27. The highest BCUT2D eigenvalue weighted by molar-refractivity contribution is 6.02. The van der Waals surface area contributed by atoms with Gasteiger partial charge in [-0.25, -0.2) is 18.8 Å². The molecule has 0 unspecified atom stereocenters. The summed E-state index contributed by atoms with van der Waals surface area (Å²) in [5.41, 5.74) is -9.37. The number of hydrogen-bond acceptors (Lipinski definition) is 4. The van der Waals surface area contributed by atoms with E-state index in [-0.39, 0.29) is 10.6 Å². The van der Waals surface area contributed by atoms with Crippen LogP contribution in [0.4, 0.5) is 17.6 Å². The second-order valence-electron chi connectivity index (χ2n) is 5.03. The molecular formula is C14H8F4N2O6. The molecule has 2 rings (SSSR count). The maximum Gasteiger partial charge on any atom is 0.432 e. The van der Waals surface area contributed by atoms with Crippen LogP contribution in [0.3, 0.4) is 0 Å². The highest BCUT2D eigenvalue weighted by atomic mass is 19.4. The molecule has 0 saturated carbocycles. The van der Waals surface area contributed by atoms with Gasteiger partial charge in [0.25, 0.3) is 5.56 Å². The van der Waals surface area contributed by atoms with Crippen molar-refractivity contribution in [2.75, 3.05) is 0 Å². The number of aromatic carboxylic acids is 2. The molecule has 0 saturated heterocycles. The topological polar surface area (TPSA) is 129 Å². The van der Waals surface area contributed by atoms with Gasteiger partial charge in [-0.15, -0.1) is 0 Å². The first-order valence-electron chi connectivity index (χ1n) is 6.57. The van der Waals surface area contributed by atoms with E-state index in [1.807, 2.05) is 0 Å². The molecule has 26 heavy (non-hydrogen) atoms. The Morgan fingerprint density at radius 3 is 2.04 bits per heavy atom. The lowest BCUT2D eigenvalue weighted by Gasteiger charge is -2.16. The average molecular weight is 376 g/mol. The van der Waals surface area contributed by atoms with Crippen molar-refractivity contribution in [3.63, 3.8) is 0 Å². The van der Waals surface area contributed by atoms with Crippen molar-refractivity contribution in [2.24, 2.45) is 7.05 Å². The Morgan fingerprint density at radius 2 is 1.58 bits per heavy atom. The van der Waals surface area contributed by atoms with Gasteiger partial charge in [-0.05, 0) is 12.1 Å². The van der Waals surface area contributed by atoms with Gasteiger partial charge in [-0.1, -0.05) is 0 Å². The number of nitrogens with one attached hydrogen (secondary N) is 1. The van der Waals surface area contributed by atoms with Crippen molar-refractivity contribution in [3.05, 3.63) is 55.6 Å². The first kappa shape index (κ1) is 18.9. The number of carboxylic acid groups (broad SMARTS) is 2. The molecule has 0 fully saturated rings. The van der Waals surface area contributed by atoms with Crippen LogP contribution in [0.2, 0.25) is 0 Å². The Morgan fingerprint density at radius 1 is 1.08 bits per heavy atom. The Hall–Kier alpha value is -3.44. The van der Waals surface area contributed by atoms with Crippen LogP contribution in [-0.4, -0.2) is 31.7 Å². The van der Waals surface area contributed by atoms with Gasteiger partial charge in [0.1, 0.15) is 11.5 Å². The third kappa shape index (κ3) is 3.08.